The molecule has 0 spiro atoms. The normalized spacial score (nSPS) is 15.4. The Morgan fingerprint density at radius 1 is 1.25 bits per heavy atom. The quantitative estimate of drug-likeness (QED) is 0.859. The minimum absolute atomic E-state index is 0.0140. The first-order chi connectivity index (χ1) is 11.6. The van der Waals surface area contributed by atoms with Crippen molar-refractivity contribution in [1.82, 2.24) is 10.2 Å². The molecule has 1 aliphatic heterocycles. The van der Waals surface area contributed by atoms with Crippen molar-refractivity contribution in [3.8, 4) is 6.07 Å². The molecule has 1 aromatic carbocycles. The summed E-state index contributed by atoms with van der Waals surface area (Å²) in [4.78, 5) is 26.1. The number of thioether (sulfide) groups is 1. The van der Waals surface area contributed by atoms with Gasteiger partial charge in [-0.1, -0.05) is 12.1 Å². The maximum Gasteiger partial charge on any atom is 0.244 e. The zero-order valence-corrected chi connectivity index (χ0v) is 14.8. The van der Waals surface area contributed by atoms with Crippen molar-refractivity contribution >= 4 is 23.6 Å². The van der Waals surface area contributed by atoms with Gasteiger partial charge in [-0.2, -0.15) is 5.26 Å². The van der Waals surface area contributed by atoms with Crippen LogP contribution in [0, 0.1) is 11.3 Å². The summed E-state index contributed by atoms with van der Waals surface area (Å²) in [5.41, 5.74) is 1.70. The van der Waals surface area contributed by atoms with E-state index in [1.54, 1.807) is 19.1 Å². The summed E-state index contributed by atoms with van der Waals surface area (Å²) in [6.07, 6.45) is 3.27. The summed E-state index contributed by atoms with van der Waals surface area (Å²) in [5, 5.41) is 11.5. The third-order valence-electron chi connectivity index (χ3n) is 4.00. The summed E-state index contributed by atoms with van der Waals surface area (Å²) in [6.45, 7) is 3.35. The van der Waals surface area contributed by atoms with Gasteiger partial charge in [0.25, 0.3) is 0 Å². The van der Waals surface area contributed by atoms with E-state index in [-0.39, 0.29) is 11.8 Å². The predicted molar refractivity (Wildman–Crippen MR) is 95.4 cm³/mol. The number of rotatable bonds is 6. The van der Waals surface area contributed by atoms with Crippen LogP contribution < -0.4 is 5.32 Å². The van der Waals surface area contributed by atoms with Gasteiger partial charge < -0.3 is 10.2 Å². The fourth-order valence-electron chi connectivity index (χ4n) is 2.67. The van der Waals surface area contributed by atoms with Crippen molar-refractivity contribution in [2.45, 2.75) is 38.0 Å². The number of nitriles is 1. The number of piperidine rings is 1. The Balaban J connectivity index is 1.70. The van der Waals surface area contributed by atoms with Crippen LogP contribution in [0.15, 0.2) is 24.3 Å². The van der Waals surface area contributed by atoms with Gasteiger partial charge in [-0.05, 0) is 43.9 Å². The van der Waals surface area contributed by atoms with Gasteiger partial charge in [0.2, 0.25) is 11.8 Å². The molecular formula is C18H23N3O2S. The molecule has 0 aromatic heterocycles. The highest BCUT2D eigenvalue weighted by molar-refractivity contribution is 7.99. The molecule has 24 heavy (non-hydrogen) atoms. The molecule has 0 saturated carbocycles. The lowest BCUT2D eigenvalue weighted by Gasteiger charge is -2.29. The van der Waals surface area contributed by atoms with Gasteiger partial charge in [0, 0.05) is 18.8 Å². The molecule has 1 N–H and O–H groups in total. The standard InChI is InChI=1S/C18H23N3O2S/c1-14(18(23)21-9-3-2-4-10-21)20-17(22)13-24-12-16-7-5-15(11-19)6-8-16/h5-8,14H,2-4,9-10,12-13H2,1H3,(H,20,22)/t14-/m0/s1. The average Bonchev–Trinajstić information content (AvgIpc) is 2.62. The van der Waals surface area contributed by atoms with Crippen LogP contribution in [0.2, 0.25) is 0 Å². The monoisotopic (exact) mass is 345 g/mol. The number of hydrogen-bond donors (Lipinski definition) is 1. The van der Waals surface area contributed by atoms with E-state index in [9.17, 15) is 9.59 Å². The lowest BCUT2D eigenvalue weighted by Crippen LogP contribution is -2.48. The fraction of sp³-hybridized carbons (Fsp3) is 0.500. The Kier molecular flexibility index (Phi) is 7.13. The van der Waals surface area contributed by atoms with Gasteiger partial charge in [0.1, 0.15) is 6.04 Å². The number of likely N-dealkylation sites (tertiary alicyclic amines) is 1. The maximum atomic E-state index is 12.3. The minimum atomic E-state index is -0.467. The van der Waals surface area contributed by atoms with Crippen LogP contribution in [0.3, 0.4) is 0 Å². The molecule has 0 unspecified atom stereocenters. The summed E-state index contributed by atoms with van der Waals surface area (Å²) < 4.78 is 0. The first-order valence-electron chi connectivity index (χ1n) is 8.25. The Morgan fingerprint density at radius 2 is 1.92 bits per heavy atom. The lowest BCUT2D eigenvalue weighted by molar-refractivity contribution is -0.136. The summed E-state index contributed by atoms with van der Waals surface area (Å²) >= 11 is 1.50. The van der Waals surface area contributed by atoms with E-state index in [1.165, 1.54) is 18.2 Å². The van der Waals surface area contributed by atoms with Crippen molar-refractivity contribution in [2.24, 2.45) is 0 Å². The van der Waals surface area contributed by atoms with Crippen LogP contribution in [-0.4, -0.2) is 41.6 Å². The molecule has 1 atom stereocenters. The Hall–Kier alpha value is -2.00. The minimum Gasteiger partial charge on any atom is -0.344 e. The number of carbonyl (C=O) groups is 2. The highest BCUT2D eigenvalue weighted by Crippen LogP contribution is 2.13. The van der Waals surface area contributed by atoms with Crippen molar-refractivity contribution in [2.75, 3.05) is 18.8 Å². The highest BCUT2D eigenvalue weighted by Gasteiger charge is 2.23. The smallest absolute Gasteiger partial charge is 0.244 e. The second-order valence-electron chi connectivity index (χ2n) is 5.98. The number of hydrogen-bond acceptors (Lipinski definition) is 4. The van der Waals surface area contributed by atoms with E-state index >= 15 is 0 Å². The number of carbonyl (C=O) groups excluding carboxylic acids is 2. The number of amides is 2. The van der Waals surface area contributed by atoms with Crippen molar-refractivity contribution in [1.29, 1.82) is 5.26 Å². The molecule has 2 rings (SSSR count). The van der Waals surface area contributed by atoms with Crippen LogP contribution in [0.1, 0.15) is 37.3 Å². The number of benzene rings is 1. The van der Waals surface area contributed by atoms with E-state index < -0.39 is 6.04 Å². The van der Waals surface area contributed by atoms with Crippen LogP contribution in [0.25, 0.3) is 0 Å². The molecule has 1 aromatic rings. The van der Waals surface area contributed by atoms with Gasteiger partial charge in [0.15, 0.2) is 0 Å². The second-order valence-corrected chi connectivity index (χ2v) is 6.96. The van der Waals surface area contributed by atoms with Crippen LogP contribution in [0.4, 0.5) is 0 Å². The molecule has 1 fully saturated rings. The van der Waals surface area contributed by atoms with E-state index in [0.29, 0.717) is 17.1 Å². The Bertz CT molecular complexity index is 604. The van der Waals surface area contributed by atoms with E-state index in [2.05, 4.69) is 11.4 Å². The van der Waals surface area contributed by atoms with E-state index in [0.717, 1.165) is 31.5 Å². The largest absolute Gasteiger partial charge is 0.344 e. The topological polar surface area (TPSA) is 73.2 Å². The van der Waals surface area contributed by atoms with Crippen LogP contribution in [0.5, 0.6) is 0 Å². The third kappa shape index (κ3) is 5.57. The van der Waals surface area contributed by atoms with E-state index in [1.807, 2.05) is 17.0 Å². The molecule has 128 valence electrons. The molecule has 6 heteroatoms. The summed E-state index contributed by atoms with van der Waals surface area (Å²) in [6, 6.07) is 8.95. The van der Waals surface area contributed by atoms with Gasteiger partial charge in [0.05, 0.1) is 17.4 Å². The fourth-order valence-corrected chi connectivity index (χ4v) is 3.47. The molecule has 1 heterocycles. The van der Waals surface area contributed by atoms with Crippen molar-refractivity contribution in [3.63, 3.8) is 0 Å². The van der Waals surface area contributed by atoms with Crippen LogP contribution in [-0.2, 0) is 15.3 Å². The maximum absolute atomic E-state index is 12.3. The lowest BCUT2D eigenvalue weighted by atomic mass is 10.1. The second kappa shape index (κ2) is 9.33. The zero-order chi connectivity index (χ0) is 17.4. The Morgan fingerprint density at radius 3 is 2.54 bits per heavy atom. The van der Waals surface area contributed by atoms with Gasteiger partial charge in [-0.3, -0.25) is 9.59 Å². The Labute approximate surface area is 147 Å². The number of nitrogens with one attached hydrogen (secondary N) is 1. The van der Waals surface area contributed by atoms with Gasteiger partial charge in [-0.15, -0.1) is 11.8 Å². The van der Waals surface area contributed by atoms with Crippen LogP contribution >= 0.6 is 11.8 Å². The van der Waals surface area contributed by atoms with Crippen molar-refractivity contribution in [3.05, 3.63) is 35.4 Å². The molecule has 2 amide bonds. The first-order valence-corrected chi connectivity index (χ1v) is 9.40. The van der Waals surface area contributed by atoms with Crippen molar-refractivity contribution < 1.29 is 9.59 Å². The highest BCUT2D eigenvalue weighted by atomic mass is 32.2. The first kappa shape index (κ1) is 18.3. The van der Waals surface area contributed by atoms with Gasteiger partial charge in [-0.25, -0.2) is 0 Å². The molecule has 0 aliphatic carbocycles. The molecular weight excluding hydrogens is 322 g/mol. The molecule has 1 aliphatic rings. The van der Waals surface area contributed by atoms with E-state index in [4.69, 9.17) is 5.26 Å². The zero-order valence-electron chi connectivity index (χ0n) is 14.0. The third-order valence-corrected chi connectivity index (χ3v) is 5.00. The molecule has 5 nitrogen and oxygen atoms in total. The average molecular weight is 345 g/mol. The molecule has 0 radical (unpaired) electrons. The van der Waals surface area contributed by atoms with Gasteiger partial charge >= 0.3 is 0 Å². The molecule has 0 bridgehead atoms. The SMILES string of the molecule is C[C@H](NC(=O)CSCc1ccc(C#N)cc1)C(=O)N1CCCCC1. The predicted octanol–water partition coefficient (Wildman–Crippen LogP) is 2.31. The molecule has 1 saturated heterocycles. The number of nitrogens with zero attached hydrogens (tertiary/aromatic N) is 2. The summed E-state index contributed by atoms with van der Waals surface area (Å²) in [7, 11) is 0. The summed E-state index contributed by atoms with van der Waals surface area (Å²) in [5.74, 6) is 0.914.